The second kappa shape index (κ2) is 6.65. The number of hydrogen-bond donors (Lipinski definition) is 3. The summed E-state index contributed by atoms with van der Waals surface area (Å²) in [7, 11) is -3.58. The quantitative estimate of drug-likeness (QED) is 0.665. The van der Waals surface area contributed by atoms with Gasteiger partial charge in [0.15, 0.2) is 0 Å². The Morgan fingerprint density at radius 3 is 2.63 bits per heavy atom. The van der Waals surface area contributed by atoms with Gasteiger partial charge < -0.3 is 11.1 Å². The van der Waals surface area contributed by atoms with Crippen LogP contribution in [-0.4, -0.2) is 27.4 Å². The maximum absolute atomic E-state index is 12.1. The second-order valence-electron chi connectivity index (χ2n) is 4.20. The molecule has 1 rings (SSSR count). The molecular formula is C12H19N3O3S. The zero-order valence-electron chi connectivity index (χ0n) is 11.1. The number of amides is 1. The lowest BCUT2D eigenvalue weighted by Gasteiger charge is -2.11. The highest BCUT2D eigenvalue weighted by Crippen LogP contribution is 2.20. The summed E-state index contributed by atoms with van der Waals surface area (Å²) in [5.41, 5.74) is 6.40. The van der Waals surface area contributed by atoms with E-state index >= 15 is 0 Å². The van der Waals surface area contributed by atoms with Crippen molar-refractivity contribution in [3.63, 3.8) is 0 Å². The van der Waals surface area contributed by atoms with Crippen LogP contribution in [0.1, 0.15) is 18.9 Å². The number of hydrogen-bond acceptors (Lipinski definition) is 4. The van der Waals surface area contributed by atoms with Crippen LogP contribution in [-0.2, 0) is 14.8 Å². The largest absolute Gasteiger partial charge is 0.330 e. The number of aryl methyl sites for hydroxylation is 1. The average Bonchev–Trinajstić information content (AvgIpc) is 2.31. The predicted octanol–water partition coefficient (Wildman–Crippen LogP) is 0.581. The topological polar surface area (TPSA) is 101 Å². The van der Waals surface area contributed by atoms with Crippen molar-refractivity contribution in [2.24, 2.45) is 5.73 Å². The Bertz CT molecular complexity index is 555. The van der Waals surface area contributed by atoms with Crippen LogP contribution in [0.4, 0.5) is 5.69 Å². The fourth-order valence-corrected chi connectivity index (χ4v) is 2.90. The van der Waals surface area contributed by atoms with E-state index in [1.165, 1.54) is 13.0 Å². The first kappa shape index (κ1) is 15.6. The van der Waals surface area contributed by atoms with Crippen molar-refractivity contribution >= 4 is 21.6 Å². The van der Waals surface area contributed by atoms with E-state index in [0.29, 0.717) is 30.8 Å². The van der Waals surface area contributed by atoms with Crippen molar-refractivity contribution in [2.45, 2.75) is 25.2 Å². The third kappa shape index (κ3) is 4.62. The molecule has 7 heteroatoms. The molecule has 0 saturated carbocycles. The van der Waals surface area contributed by atoms with E-state index in [1.54, 1.807) is 19.1 Å². The van der Waals surface area contributed by atoms with Crippen LogP contribution in [0.15, 0.2) is 23.1 Å². The molecule has 6 nitrogen and oxygen atoms in total. The lowest BCUT2D eigenvalue weighted by Crippen LogP contribution is -2.27. The minimum Gasteiger partial charge on any atom is -0.330 e. The molecule has 0 aliphatic rings. The van der Waals surface area contributed by atoms with Crippen molar-refractivity contribution in [1.82, 2.24) is 4.72 Å². The molecule has 0 atom stereocenters. The molecule has 0 bridgehead atoms. The maximum atomic E-state index is 12.1. The number of carbonyl (C=O) groups excluding carboxylic acids is 1. The van der Waals surface area contributed by atoms with Gasteiger partial charge in [-0.25, -0.2) is 13.1 Å². The number of nitrogens with two attached hydrogens (primary N) is 1. The smallest absolute Gasteiger partial charge is 0.240 e. The average molecular weight is 285 g/mol. The zero-order valence-corrected chi connectivity index (χ0v) is 11.9. The molecule has 106 valence electrons. The fourth-order valence-electron chi connectivity index (χ4n) is 1.56. The molecule has 4 N–H and O–H groups in total. The summed E-state index contributed by atoms with van der Waals surface area (Å²) in [5, 5.41) is 2.56. The molecule has 0 aliphatic carbocycles. The summed E-state index contributed by atoms with van der Waals surface area (Å²) in [4.78, 5) is 11.1. The van der Waals surface area contributed by atoms with Gasteiger partial charge in [-0.2, -0.15) is 0 Å². The van der Waals surface area contributed by atoms with E-state index in [1.807, 2.05) is 0 Å². The molecule has 0 unspecified atom stereocenters. The van der Waals surface area contributed by atoms with E-state index in [2.05, 4.69) is 10.0 Å². The molecule has 0 saturated heterocycles. The van der Waals surface area contributed by atoms with Gasteiger partial charge in [-0.15, -0.1) is 0 Å². The lowest BCUT2D eigenvalue weighted by molar-refractivity contribution is -0.114. The predicted molar refractivity (Wildman–Crippen MR) is 74.3 cm³/mol. The molecular weight excluding hydrogens is 266 g/mol. The Morgan fingerprint density at radius 1 is 1.37 bits per heavy atom. The number of rotatable bonds is 6. The minimum absolute atomic E-state index is 0.163. The number of sulfonamides is 1. The van der Waals surface area contributed by atoms with Crippen LogP contribution in [0.25, 0.3) is 0 Å². The van der Waals surface area contributed by atoms with Crippen LogP contribution < -0.4 is 15.8 Å². The molecule has 19 heavy (non-hydrogen) atoms. The minimum atomic E-state index is -3.58. The van der Waals surface area contributed by atoms with Crippen molar-refractivity contribution in [1.29, 1.82) is 0 Å². The first-order valence-corrected chi connectivity index (χ1v) is 7.43. The van der Waals surface area contributed by atoms with Crippen molar-refractivity contribution in [3.8, 4) is 0 Å². The van der Waals surface area contributed by atoms with Crippen LogP contribution in [0.2, 0.25) is 0 Å². The Morgan fingerprint density at radius 2 is 2.05 bits per heavy atom. The molecule has 1 aromatic rings. The Balaban J connectivity index is 3.00. The number of anilines is 1. The van der Waals surface area contributed by atoms with Gasteiger partial charge in [0.1, 0.15) is 0 Å². The van der Waals surface area contributed by atoms with E-state index in [4.69, 9.17) is 5.73 Å². The molecule has 0 aliphatic heterocycles. The van der Waals surface area contributed by atoms with Gasteiger partial charge in [0.05, 0.1) is 4.90 Å². The molecule has 1 aromatic carbocycles. The van der Waals surface area contributed by atoms with Crippen molar-refractivity contribution in [2.75, 3.05) is 18.4 Å². The lowest BCUT2D eigenvalue weighted by atomic mass is 10.2. The summed E-state index contributed by atoms with van der Waals surface area (Å²) in [6, 6.07) is 4.76. The van der Waals surface area contributed by atoms with Crippen LogP contribution in [0, 0.1) is 6.92 Å². The summed E-state index contributed by atoms with van der Waals surface area (Å²) >= 11 is 0. The SMILES string of the molecule is CC(=O)Nc1ccc(C)c(S(=O)(=O)NCCCN)c1. The van der Waals surface area contributed by atoms with Gasteiger partial charge in [0.25, 0.3) is 0 Å². The summed E-state index contributed by atoms with van der Waals surface area (Å²) in [6.45, 7) is 3.79. The number of benzene rings is 1. The van der Waals surface area contributed by atoms with Gasteiger partial charge in [0.2, 0.25) is 15.9 Å². The summed E-state index contributed by atoms with van der Waals surface area (Å²) in [5.74, 6) is -0.247. The second-order valence-corrected chi connectivity index (χ2v) is 5.94. The normalized spacial score (nSPS) is 11.3. The molecule has 0 spiro atoms. The maximum Gasteiger partial charge on any atom is 0.240 e. The van der Waals surface area contributed by atoms with Crippen LogP contribution >= 0.6 is 0 Å². The standard InChI is InChI=1S/C12H19N3O3S/c1-9-4-5-11(15-10(2)16)8-12(9)19(17,18)14-7-3-6-13/h4-5,8,14H,3,6-7,13H2,1-2H3,(H,15,16). The third-order valence-electron chi connectivity index (χ3n) is 2.47. The molecule has 0 fully saturated rings. The summed E-state index contributed by atoms with van der Waals surface area (Å²) < 4.78 is 26.7. The Hall–Kier alpha value is -1.44. The van der Waals surface area contributed by atoms with Crippen LogP contribution in [0.5, 0.6) is 0 Å². The summed E-state index contributed by atoms with van der Waals surface area (Å²) in [6.07, 6.45) is 0.573. The van der Waals surface area contributed by atoms with E-state index in [0.717, 1.165) is 0 Å². The Labute approximate surface area is 113 Å². The highest BCUT2D eigenvalue weighted by molar-refractivity contribution is 7.89. The van der Waals surface area contributed by atoms with E-state index < -0.39 is 10.0 Å². The van der Waals surface area contributed by atoms with Gasteiger partial charge >= 0.3 is 0 Å². The van der Waals surface area contributed by atoms with Crippen molar-refractivity contribution in [3.05, 3.63) is 23.8 Å². The van der Waals surface area contributed by atoms with E-state index in [9.17, 15) is 13.2 Å². The van der Waals surface area contributed by atoms with Crippen LogP contribution in [0.3, 0.4) is 0 Å². The van der Waals surface area contributed by atoms with Gasteiger partial charge in [-0.1, -0.05) is 6.07 Å². The van der Waals surface area contributed by atoms with E-state index in [-0.39, 0.29) is 10.8 Å². The molecule has 0 heterocycles. The zero-order chi connectivity index (χ0) is 14.5. The highest BCUT2D eigenvalue weighted by atomic mass is 32.2. The monoisotopic (exact) mass is 285 g/mol. The number of carbonyl (C=O) groups is 1. The Kier molecular flexibility index (Phi) is 5.46. The van der Waals surface area contributed by atoms with Crippen molar-refractivity contribution < 1.29 is 13.2 Å². The fraction of sp³-hybridized carbons (Fsp3) is 0.417. The van der Waals surface area contributed by atoms with Gasteiger partial charge in [0, 0.05) is 19.2 Å². The first-order valence-electron chi connectivity index (χ1n) is 5.95. The molecule has 1 amide bonds. The highest BCUT2D eigenvalue weighted by Gasteiger charge is 2.16. The number of nitrogens with one attached hydrogen (secondary N) is 2. The molecule has 0 aromatic heterocycles. The van der Waals surface area contributed by atoms with Gasteiger partial charge in [-0.05, 0) is 37.6 Å². The van der Waals surface area contributed by atoms with Gasteiger partial charge in [-0.3, -0.25) is 4.79 Å². The molecule has 0 radical (unpaired) electrons. The first-order chi connectivity index (χ1) is 8.86. The third-order valence-corrected chi connectivity index (χ3v) is 4.07.